The fourth-order valence-corrected chi connectivity index (χ4v) is 0.984. The van der Waals surface area contributed by atoms with Gasteiger partial charge in [0, 0.05) is 0 Å². The van der Waals surface area contributed by atoms with Crippen LogP contribution in [0.2, 0.25) is 0 Å². The van der Waals surface area contributed by atoms with Gasteiger partial charge in [-0.2, -0.15) is 0 Å². The second kappa shape index (κ2) is 5.11. The number of rotatable bonds is 3. The SMILES string of the molecule is CC(I)C(=O)Oc1ccc(C(=O)[O-])cc1. The summed E-state index contributed by atoms with van der Waals surface area (Å²) in [6.45, 7) is 1.71. The molecule has 0 bridgehead atoms. The molecule has 0 aliphatic rings. The normalized spacial score (nSPS) is 11.9. The molecule has 1 aromatic rings. The molecular weight excluding hydrogens is 311 g/mol. The number of esters is 1. The Hall–Kier alpha value is -1.11. The monoisotopic (exact) mass is 319 g/mol. The lowest BCUT2D eigenvalue weighted by Gasteiger charge is -2.06. The number of carboxylic acid groups (broad SMARTS) is 1. The van der Waals surface area contributed by atoms with Crippen molar-refractivity contribution in [3.05, 3.63) is 29.8 Å². The molecule has 0 N–H and O–H groups in total. The van der Waals surface area contributed by atoms with E-state index >= 15 is 0 Å². The van der Waals surface area contributed by atoms with E-state index < -0.39 is 5.97 Å². The van der Waals surface area contributed by atoms with Crippen LogP contribution in [0.4, 0.5) is 0 Å². The van der Waals surface area contributed by atoms with Gasteiger partial charge in [-0.3, -0.25) is 4.79 Å². The molecule has 1 aromatic carbocycles. The minimum absolute atomic E-state index is 0.0531. The topological polar surface area (TPSA) is 66.4 Å². The molecule has 0 aliphatic heterocycles. The maximum atomic E-state index is 11.2. The Morgan fingerprint density at radius 2 is 1.87 bits per heavy atom. The highest BCUT2D eigenvalue weighted by Crippen LogP contribution is 2.13. The molecule has 0 fully saturated rings. The van der Waals surface area contributed by atoms with Gasteiger partial charge < -0.3 is 14.6 Å². The van der Waals surface area contributed by atoms with E-state index in [1.807, 2.05) is 22.6 Å². The number of carbonyl (C=O) groups is 2. The summed E-state index contributed by atoms with van der Waals surface area (Å²) in [7, 11) is 0. The third-order valence-corrected chi connectivity index (χ3v) is 2.14. The molecule has 5 heteroatoms. The highest BCUT2D eigenvalue weighted by Gasteiger charge is 2.10. The van der Waals surface area contributed by atoms with Gasteiger partial charge in [0.25, 0.3) is 0 Å². The molecule has 0 saturated carbocycles. The van der Waals surface area contributed by atoms with Crippen LogP contribution in [0.25, 0.3) is 0 Å². The first-order valence-electron chi connectivity index (χ1n) is 4.18. The predicted molar refractivity (Wildman–Crippen MR) is 59.9 cm³/mol. The van der Waals surface area contributed by atoms with Crippen molar-refractivity contribution in [1.82, 2.24) is 0 Å². The summed E-state index contributed by atoms with van der Waals surface area (Å²) < 4.78 is 4.70. The number of alkyl halides is 1. The Bertz CT molecular complexity index is 370. The van der Waals surface area contributed by atoms with Gasteiger partial charge >= 0.3 is 5.97 Å². The summed E-state index contributed by atoms with van der Waals surface area (Å²) in [4.78, 5) is 21.6. The van der Waals surface area contributed by atoms with E-state index in [-0.39, 0.29) is 15.5 Å². The summed E-state index contributed by atoms with van der Waals surface area (Å²) in [6.07, 6.45) is 0. The van der Waals surface area contributed by atoms with Crippen LogP contribution in [0.3, 0.4) is 0 Å². The Morgan fingerprint density at radius 3 is 2.27 bits per heavy atom. The highest BCUT2D eigenvalue weighted by atomic mass is 127. The molecule has 0 saturated heterocycles. The first kappa shape index (κ1) is 12.0. The Balaban J connectivity index is 2.73. The molecule has 0 aromatic heterocycles. The molecule has 1 atom stereocenters. The third-order valence-electron chi connectivity index (χ3n) is 1.63. The van der Waals surface area contributed by atoms with Crippen molar-refractivity contribution in [3.63, 3.8) is 0 Å². The quantitative estimate of drug-likeness (QED) is 0.357. The second-order valence-electron chi connectivity index (χ2n) is 2.85. The van der Waals surface area contributed by atoms with Crippen molar-refractivity contribution in [1.29, 1.82) is 0 Å². The fourth-order valence-electron chi connectivity index (χ4n) is 0.856. The zero-order valence-corrected chi connectivity index (χ0v) is 10.1. The van der Waals surface area contributed by atoms with E-state index in [4.69, 9.17) is 4.74 Å². The molecule has 0 amide bonds. The van der Waals surface area contributed by atoms with E-state index in [1.54, 1.807) is 6.92 Å². The second-order valence-corrected chi connectivity index (χ2v) is 4.72. The molecule has 0 spiro atoms. The Morgan fingerprint density at radius 1 is 1.33 bits per heavy atom. The Labute approximate surface area is 100 Å². The van der Waals surface area contributed by atoms with Crippen LogP contribution >= 0.6 is 22.6 Å². The third kappa shape index (κ3) is 3.50. The zero-order chi connectivity index (χ0) is 11.4. The van der Waals surface area contributed by atoms with Crippen LogP contribution in [0.15, 0.2) is 24.3 Å². The number of halogens is 1. The largest absolute Gasteiger partial charge is 0.545 e. The van der Waals surface area contributed by atoms with Crippen molar-refractivity contribution in [3.8, 4) is 5.75 Å². The molecular formula is C10H8IO4-. The molecule has 1 unspecified atom stereocenters. The van der Waals surface area contributed by atoms with Crippen LogP contribution in [-0.4, -0.2) is 15.9 Å². The van der Waals surface area contributed by atoms with Crippen LogP contribution in [0.5, 0.6) is 5.75 Å². The number of aromatic carboxylic acids is 1. The van der Waals surface area contributed by atoms with Gasteiger partial charge in [0.15, 0.2) is 0 Å². The van der Waals surface area contributed by atoms with Crippen molar-refractivity contribution >= 4 is 34.5 Å². The standard InChI is InChI=1S/C10H9IO4/c1-6(11)10(14)15-8-4-2-7(3-5-8)9(12)13/h2-6H,1H3,(H,12,13)/p-1. The summed E-state index contributed by atoms with van der Waals surface area (Å²) >= 11 is 1.93. The zero-order valence-electron chi connectivity index (χ0n) is 7.90. The molecule has 4 nitrogen and oxygen atoms in total. The molecule has 1 rings (SSSR count). The van der Waals surface area contributed by atoms with Crippen molar-refractivity contribution < 1.29 is 19.4 Å². The maximum absolute atomic E-state index is 11.2. The van der Waals surface area contributed by atoms with Crippen molar-refractivity contribution in [2.75, 3.05) is 0 Å². The fraction of sp³-hybridized carbons (Fsp3) is 0.200. The summed E-state index contributed by atoms with van der Waals surface area (Å²) in [5.74, 6) is -1.29. The predicted octanol–water partition coefficient (Wildman–Crippen LogP) is 0.779. The van der Waals surface area contributed by atoms with E-state index in [9.17, 15) is 14.7 Å². The number of hydrogen-bond donors (Lipinski definition) is 0. The van der Waals surface area contributed by atoms with Crippen LogP contribution in [0.1, 0.15) is 17.3 Å². The first-order valence-corrected chi connectivity index (χ1v) is 5.42. The van der Waals surface area contributed by atoms with Gasteiger partial charge in [-0.15, -0.1) is 0 Å². The van der Waals surface area contributed by atoms with E-state index in [0.717, 1.165) is 0 Å². The van der Waals surface area contributed by atoms with E-state index in [2.05, 4.69) is 0 Å². The average molecular weight is 319 g/mol. The van der Waals surface area contributed by atoms with Gasteiger partial charge in [-0.25, -0.2) is 0 Å². The average Bonchev–Trinajstić information content (AvgIpc) is 2.18. The number of carboxylic acids is 1. The minimum atomic E-state index is -1.25. The minimum Gasteiger partial charge on any atom is -0.545 e. The molecule has 15 heavy (non-hydrogen) atoms. The lowest BCUT2D eigenvalue weighted by atomic mass is 10.2. The van der Waals surface area contributed by atoms with Gasteiger partial charge in [0.2, 0.25) is 0 Å². The van der Waals surface area contributed by atoms with Gasteiger partial charge in [-0.05, 0) is 36.8 Å². The van der Waals surface area contributed by atoms with Crippen LogP contribution in [-0.2, 0) is 4.79 Å². The maximum Gasteiger partial charge on any atom is 0.323 e. The van der Waals surface area contributed by atoms with Gasteiger partial charge in [0.05, 0.1) is 5.97 Å². The summed E-state index contributed by atoms with van der Waals surface area (Å²) in [5, 5.41) is 10.4. The van der Waals surface area contributed by atoms with E-state index in [0.29, 0.717) is 5.75 Å². The number of ether oxygens (including phenoxy) is 1. The summed E-state index contributed by atoms with van der Waals surface area (Å²) in [5.41, 5.74) is 0.0531. The molecule has 0 radical (unpaired) electrons. The van der Waals surface area contributed by atoms with Crippen molar-refractivity contribution in [2.24, 2.45) is 0 Å². The number of hydrogen-bond acceptors (Lipinski definition) is 4. The number of benzene rings is 1. The first-order chi connectivity index (χ1) is 7.00. The van der Waals surface area contributed by atoms with Crippen LogP contribution in [0, 0.1) is 0 Å². The molecule has 0 aliphatic carbocycles. The van der Waals surface area contributed by atoms with Crippen LogP contribution < -0.4 is 9.84 Å². The van der Waals surface area contributed by atoms with Crippen molar-refractivity contribution in [2.45, 2.75) is 10.8 Å². The lowest BCUT2D eigenvalue weighted by molar-refractivity contribution is -0.255. The summed E-state index contributed by atoms with van der Waals surface area (Å²) in [6, 6.07) is 5.50. The molecule has 80 valence electrons. The Kier molecular flexibility index (Phi) is 4.07. The highest BCUT2D eigenvalue weighted by molar-refractivity contribution is 14.1. The molecule has 0 heterocycles. The van der Waals surface area contributed by atoms with Gasteiger partial charge in [0.1, 0.15) is 9.67 Å². The lowest BCUT2D eigenvalue weighted by Crippen LogP contribution is -2.22. The van der Waals surface area contributed by atoms with Gasteiger partial charge in [-0.1, -0.05) is 22.6 Å². The van der Waals surface area contributed by atoms with E-state index in [1.165, 1.54) is 24.3 Å². The number of carbonyl (C=O) groups excluding carboxylic acids is 2. The smallest absolute Gasteiger partial charge is 0.323 e.